The van der Waals surface area contributed by atoms with E-state index in [1.807, 2.05) is 0 Å². The first-order valence-electron chi connectivity index (χ1n) is 6.64. The van der Waals surface area contributed by atoms with E-state index in [0.717, 1.165) is 4.90 Å². The number of hydrogen-bond donors (Lipinski definition) is 1. The van der Waals surface area contributed by atoms with Crippen molar-refractivity contribution in [1.82, 2.24) is 10.2 Å². The molecule has 1 spiro atoms. The molecule has 2 fully saturated rings. The van der Waals surface area contributed by atoms with Gasteiger partial charge in [0.25, 0.3) is 5.91 Å². The van der Waals surface area contributed by atoms with Crippen molar-refractivity contribution < 1.29 is 19.1 Å². The zero-order valence-electron chi connectivity index (χ0n) is 11.4. The molecule has 2 aliphatic heterocycles. The Bertz CT molecular complexity index is 671. The number of imide groups is 1. The molecule has 1 aromatic rings. The van der Waals surface area contributed by atoms with Gasteiger partial charge in [0, 0.05) is 18.6 Å². The predicted molar refractivity (Wildman–Crippen MR) is 79.2 cm³/mol. The normalized spacial score (nSPS) is 24.2. The predicted octanol–water partition coefficient (Wildman–Crippen LogP) is 1.89. The SMILES string of the molecule is O=C(CN1C(=O)NC2(CCOC2)C1=O)c1cccc(Cl)c1Cl. The lowest BCUT2D eigenvalue weighted by Crippen LogP contribution is -2.47. The summed E-state index contributed by atoms with van der Waals surface area (Å²) in [4.78, 5) is 37.6. The van der Waals surface area contributed by atoms with Crippen molar-refractivity contribution in [2.45, 2.75) is 12.0 Å². The first kappa shape index (κ1) is 15.3. The number of halogens is 2. The summed E-state index contributed by atoms with van der Waals surface area (Å²) in [6, 6.07) is 4.05. The maximum Gasteiger partial charge on any atom is 0.325 e. The minimum atomic E-state index is -1.03. The molecule has 2 heterocycles. The molecule has 0 radical (unpaired) electrons. The summed E-state index contributed by atoms with van der Waals surface area (Å²) >= 11 is 11.9. The van der Waals surface area contributed by atoms with Gasteiger partial charge in [-0.25, -0.2) is 4.79 Å². The number of carbonyl (C=O) groups excluding carboxylic acids is 3. The fraction of sp³-hybridized carbons (Fsp3) is 0.357. The Morgan fingerprint density at radius 3 is 2.82 bits per heavy atom. The number of amides is 3. The van der Waals surface area contributed by atoms with E-state index >= 15 is 0 Å². The fourth-order valence-electron chi connectivity index (χ4n) is 2.60. The van der Waals surface area contributed by atoms with Crippen molar-refractivity contribution >= 4 is 40.9 Å². The van der Waals surface area contributed by atoms with Gasteiger partial charge in [0.15, 0.2) is 5.78 Å². The molecular weight excluding hydrogens is 331 g/mol. The number of benzene rings is 1. The van der Waals surface area contributed by atoms with Gasteiger partial charge >= 0.3 is 6.03 Å². The molecule has 0 aromatic heterocycles. The lowest BCUT2D eigenvalue weighted by Gasteiger charge is -2.18. The van der Waals surface area contributed by atoms with Crippen LogP contribution in [-0.2, 0) is 9.53 Å². The third kappa shape index (κ3) is 2.37. The second kappa shape index (κ2) is 5.53. The largest absolute Gasteiger partial charge is 0.378 e. The minimum absolute atomic E-state index is 0.111. The number of urea groups is 1. The number of rotatable bonds is 3. The Morgan fingerprint density at radius 2 is 2.14 bits per heavy atom. The number of Topliss-reactive ketones (excluding diaryl/α,β-unsaturated/α-hetero) is 1. The standard InChI is InChI=1S/C14H12Cl2N2O4/c15-9-3-1-2-8(11(9)16)10(19)6-18-12(20)14(17-13(18)21)4-5-22-7-14/h1-3H,4-7H2,(H,17,21). The molecule has 8 heteroatoms. The van der Waals surface area contributed by atoms with Crippen molar-refractivity contribution in [3.8, 4) is 0 Å². The number of hydrogen-bond acceptors (Lipinski definition) is 4. The van der Waals surface area contributed by atoms with E-state index in [9.17, 15) is 14.4 Å². The van der Waals surface area contributed by atoms with Gasteiger partial charge in [0.2, 0.25) is 0 Å². The van der Waals surface area contributed by atoms with E-state index in [4.69, 9.17) is 27.9 Å². The van der Waals surface area contributed by atoms with E-state index in [-0.39, 0.29) is 28.8 Å². The number of nitrogens with zero attached hydrogens (tertiary/aromatic N) is 1. The average Bonchev–Trinajstić information content (AvgIpc) is 3.03. The van der Waals surface area contributed by atoms with Crippen LogP contribution >= 0.6 is 23.2 Å². The highest BCUT2D eigenvalue weighted by atomic mass is 35.5. The highest BCUT2D eigenvalue weighted by Crippen LogP contribution is 2.29. The lowest BCUT2D eigenvalue weighted by atomic mass is 9.99. The highest BCUT2D eigenvalue weighted by molar-refractivity contribution is 6.44. The van der Waals surface area contributed by atoms with Crippen LogP contribution in [0.1, 0.15) is 16.8 Å². The molecular formula is C14H12Cl2N2O4. The minimum Gasteiger partial charge on any atom is -0.378 e. The molecule has 1 unspecified atom stereocenters. The van der Waals surface area contributed by atoms with Crippen LogP contribution in [0.25, 0.3) is 0 Å². The van der Waals surface area contributed by atoms with Crippen LogP contribution in [0.5, 0.6) is 0 Å². The molecule has 1 N–H and O–H groups in total. The average molecular weight is 343 g/mol. The highest BCUT2D eigenvalue weighted by Gasteiger charge is 2.53. The summed E-state index contributed by atoms with van der Waals surface area (Å²) in [5.74, 6) is -0.895. The van der Waals surface area contributed by atoms with E-state index in [1.165, 1.54) is 6.07 Å². The summed E-state index contributed by atoms with van der Waals surface area (Å²) in [7, 11) is 0. The number of ketones is 1. The van der Waals surface area contributed by atoms with Crippen molar-refractivity contribution in [3.63, 3.8) is 0 Å². The van der Waals surface area contributed by atoms with Gasteiger partial charge in [0.1, 0.15) is 5.54 Å². The third-order valence-electron chi connectivity index (χ3n) is 3.82. The summed E-state index contributed by atoms with van der Waals surface area (Å²) < 4.78 is 5.19. The second-order valence-electron chi connectivity index (χ2n) is 5.23. The number of carbonyl (C=O) groups is 3. The third-order valence-corrected chi connectivity index (χ3v) is 4.64. The number of ether oxygens (including phenoxy) is 1. The molecule has 0 aliphatic carbocycles. The van der Waals surface area contributed by atoms with Gasteiger partial charge in [-0.3, -0.25) is 14.5 Å². The monoisotopic (exact) mass is 342 g/mol. The van der Waals surface area contributed by atoms with Gasteiger partial charge in [0.05, 0.1) is 23.2 Å². The van der Waals surface area contributed by atoms with Gasteiger partial charge in [-0.15, -0.1) is 0 Å². The Kier molecular flexibility index (Phi) is 3.84. The molecule has 2 saturated heterocycles. The van der Waals surface area contributed by atoms with Crippen molar-refractivity contribution in [2.75, 3.05) is 19.8 Å². The smallest absolute Gasteiger partial charge is 0.325 e. The van der Waals surface area contributed by atoms with E-state index < -0.39 is 23.3 Å². The van der Waals surface area contributed by atoms with Crippen LogP contribution in [0.2, 0.25) is 10.0 Å². The zero-order chi connectivity index (χ0) is 15.9. The Hall–Kier alpha value is -1.63. The zero-order valence-corrected chi connectivity index (χ0v) is 12.9. The summed E-state index contributed by atoms with van der Waals surface area (Å²) in [5.41, 5.74) is -0.853. The van der Waals surface area contributed by atoms with Crippen LogP contribution in [0.15, 0.2) is 18.2 Å². The van der Waals surface area contributed by atoms with Gasteiger partial charge in [-0.1, -0.05) is 29.3 Å². The maximum absolute atomic E-state index is 12.4. The quantitative estimate of drug-likeness (QED) is 0.672. The fourth-order valence-corrected chi connectivity index (χ4v) is 3.01. The molecule has 116 valence electrons. The van der Waals surface area contributed by atoms with Gasteiger partial charge in [-0.2, -0.15) is 0 Å². The van der Waals surface area contributed by atoms with Crippen LogP contribution in [0.4, 0.5) is 4.79 Å². The molecule has 2 aliphatic rings. The lowest BCUT2D eigenvalue weighted by molar-refractivity contribution is -0.131. The molecule has 1 atom stereocenters. The van der Waals surface area contributed by atoms with Gasteiger partial charge < -0.3 is 10.1 Å². The first-order chi connectivity index (χ1) is 10.4. The van der Waals surface area contributed by atoms with Crippen molar-refractivity contribution in [2.24, 2.45) is 0 Å². The van der Waals surface area contributed by atoms with E-state index in [1.54, 1.807) is 12.1 Å². The van der Waals surface area contributed by atoms with Crippen LogP contribution < -0.4 is 5.32 Å². The first-order valence-corrected chi connectivity index (χ1v) is 7.39. The molecule has 0 bridgehead atoms. The van der Waals surface area contributed by atoms with Crippen LogP contribution in [0, 0.1) is 0 Å². The molecule has 0 saturated carbocycles. The number of nitrogens with one attached hydrogen (secondary N) is 1. The molecule has 6 nitrogen and oxygen atoms in total. The molecule has 3 rings (SSSR count). The van der Waals surface area contributed by atoms with E-state index in [2.05, 4.69) is 5.32 Å². The topological polar surface area (TPSA) is 75.7 Å². The molecule has 3 amide bonds. The van der Waals surface area contributed by atoms with Crippen LogP contribution in [-0.4, -0.2) is 47.9 Å². The summed E-state index contributed by atoms with van der Waals surface area (Å²) in [6.07, 6.45) is 0.403. The Labute approximate surface area is 136 Å². The van der Waals surface area contributed by atoms with Gasteiger partial charge in [-0.05, 0) is 12.1 Å². The maximum atomic E-state index is 12.4. The van der Waals surface area contributed by atoms with Crippen LogP contribution in [0.3, 0.4) is 0 Å². The van der Waals surface area contributed by atoms with Crippen molar-refractivity contribution in [3.05, 3.63) is 33.8 Å². The molecule has 1 aromatic carbocycles. The van der Waals surface area contributed by atoms with E-state index in [0.29, 0.717) is 13.0 Å². The Morgan fingerprint density at radius 1 is 1.36 bits per heavy atom. The van der Waals surface area contributed by atoms with Crippen molar-refractivity contribution in [1.29, 1.82) is 0 Å². The second-order valence-corrected chi connectivity index (χ2v) is 6.02. The Balaban J connectivity index is 1.81. The summed E-state index contributed by atoms with van der Waals surface area (Å²) in [5, 5.41) is 2.97. The molecule has 22 heavy (non-hydrogen) atoms. The summed E-state index contributed by atoms with van der Waals surface area (Å²) in [6.45, 7) is 0.139.